The predicted octanol–water partition coefficient (Wildman–Crippen LogP) is 5.37. The molecule has 0 atom stereocenters. The second-order valence-electron chi connectivity index (χ2n) is 8.89. The van der Waals surface area contributed by atoms with Gasteiger partial charge in [-0.05, 0) is 17.5 Å². The maximum absolute atomic E-state index is 14.3. The van der Waals surface area contributed by atoms with Gasteiger partial charge in [0.25, 0.3) is 5.56 Å². The third-order valence-electron chi connectivity index (χ3n) is 6.47. The van der Waals surface area contributed by atoms with Crippen LogP contribution in [0.3, 0.4) is 0 Å². The molecule has 0 spiro atoms. The van der Waals surface area contributed by atoms with Crippen LogP contribution in [0.2, 0.25) is 0 Å². The molecule has 0 bridgehead atoms. The fourth-order valence-corrected chi connectivity index (χ4v) is 4.61. The molecule has 2 aromatic carbocycles. The van der Waals surface area contributed by atoms with E-state index in [1.54, 1.807) is 60.7 Å². The number of carbonyl (C=O) groups is 1. The molecule has 1 amide bonds. The lowest BCUT2D eigenvalue weighted by Crippen LogP contribution is -2.45. The SMILES string of the molecule is O=C(CC(C(F)(F)F)C(F)(F)F)N1CCc2c(nc(CF)n(C(c3ccccc3)c3ccccc3)c2=O)C1. The van der Waals surface area contributed by atoms with Crippen molar-refractivity contribution in [2.45, 2.75) is 44.5 Å². The Hall–Kier alpha value is -3.70. The minimum atomic E-state index is -5.65. The summed E-state index contributed by atoms with van der Waals surface area (Å²) < 4.78 is 93.1. The number of carbonyl (C=O) groups excluding carboxylic acids is 1. The topological polar surface area (TPSA) is 55.2 Å². The zero-order valence-electron chi connectivity index (χ0n) is 19.8. The summed E-state index contributed by atoms with van der Waals surface area (Å²) >= 11 is 0. The number of benzene rings is 2. The average Bonchev–Trinajstić information content (AvgIpc) is 2.88. The van der Waals surface area contributed by atoms with Gasteiger partial charge in [0.2, 0.25) is 5.91 Å². The average molecular weight is 541 g/mol. The number of hydrogen-bond donors (Lipinski definition) is 0. The van der Waals surface area contributed by atoms with Crippen LogP contribution in [0.5, 0.6) is 0 Å². The number of rotatable bonds is 6. The third-order valence-corrected chi connectivity index (χ3v) is 6.47. The van der Waals surface area contributed by atoms with Crippen molar-refractivity contribution in [1.29, 1.82) is 0 Å². The Morgan fingerprint density at radius 3 is 1.89 bits per heavy atom. The van der Waals surface area contributed by atoms with Crippen LogP contribution in [0.1, 0.15) is 40.7 Å². The third kappa shape index (κ3) is 5.58. The highest BCUT2D eigenvalue weighted by atomic mass is 19.4. The molecule has 5 nitrogen and oxygen atoms in total. The maximum atomic E-state index is 14.3. The van der Waals surface area contributed by atoms with Crippen LogP contribution >= 0.6 is 0 Å². The molecule has 38 heavy (non-hydrogen) atoms. The second-order valence-corrected chi connectivity index (χ2v) is 8.89. The van der Waals surface area contributed by atoms with Gasteiger partial charge in [-0.3, -0.25) is 14.2 Å². The van der Waals surface area contributed by atoms with Crippen LogP contribution in [0.15, 0.2) is 65.5 Å². The van der Waals surface area contributed by atoms with Gasteiger partial charge in [0.1, 0.15) is 12.5 Å². The van der Waals surface area contributed by atoms with E-state index >= 15 is 0 Å². The molecular formula is C26H22F7N3O2. The van der Waals surface area contributed by atoms with Crippen molar-refractivity contribution in [2.75, 3.05) is 6.54 Å². The molecule has 202 valence electrons. The van der Waals surface area contributed by atoms with Crippen molar-refractivity contribution in [3.8, 4) is 0 Å². The van der Waals surface area contributed by atoms with Crippen LogP contribution < -0.4 is 5.56 Å². The Kier molecular flexibility index (Phi) is 7.61. The van der Waals surface area contributed by atoms with Crippen LogP contribution in [-0.4, -0.2) is 39.3 Å². The number of hydrogen-bond acceptors (Lipinski definition) is 3. The normalized spacial score (nSPS) is 14.2. The van der Waals surface area contributed by atoms with Crippen molar-refractivity contribution in [2.24, 2.45) is 5.92 Å². The Balaban J connectivity index is 1.71. The van der Waals surface area contributed by atoms with Crippen molar-refractivity contribution >= 4 is 5.91 Å². The summed E-state index contributed by atoms with van der Waals surface area (Å²) in [6, 6.07) is 16.9. The summed E-state index contributed by atoms with van der Waals surface area (Å²) in [5, 5.41) is 0. The van der Waals surface area contributed by atoms with Crippen LogP contribution in [0, 0.1) is 5.92 Å². The van der Waals surface area contributed by atoms with Gasteiger partial charge < -0.3 is 4.90 Å². The molecule has 3 aromatic rings. The van der Waals surface area contributed by atoms with Gasteiger partial charge in [0.15, 0.2) is 5.92 Å². The Morgan fingerprint density at radius 2 is 1.42 bits per heavy atom. The molecule has 0 fully saturated rings. The molecule has 0 saturated heterocycles. The van der Waals surface area contributed by atoms with E-state index in [2.05, 4.69) is 4.98 Å². The molecule has 0 unspecified atom stereocenters. The molecular weight excluding hydrogens is 519 g/mol. The monoisotopic (exact) mass is 541 g/mol. The van der Waals surface area contributed by atoms with Gasteiger partial charge >= 0.3 is 12.4 Å². The first-order valence-electron chi connectivity index (χ1n) is 11.6. The predicted molar refractivity (Wildman–Crippen MR) is 123 cm³/mol. The van der Waals surface area contributed by atoms with Gasteiger partial charge in [-0.25, -0.2) is 9.37 Å². The molecule has 4 rings (SSSR count). The standard InChI is InChI=1S/C26H22F7N3O2/c27-14-21-34-19-15-35(22(37)13-20(25(28,29)30)26(31,32)33)12-11-18(19)24(38)36(21)23(16-7-3-1-4-8-16)17-9-5-2-6-10-17/h1-10,20,23H,11-15H2. The van der Waals surface area contributed by atoms with E-state index in [0.717, 1.165) is 4.90 Å². The van der Waals surface area contributed by atoms with Gasteiger partial charge in [-0.2, -0.15) is 26.3 Å². The molecule has 2 heterocycles. The van der Waals surface area contributed by atoms with E-state index in [1.165, 1.54) is 4.57 Å². The first-order valence-corrected chi connectivity index (χ1v) is 11.6. The summed E-state index contributed by atoms with van der Waals surface area (Å²) in [6.07, 6.45) is -13.3. The molecule has 0 aliphatic carbocycles. The largest absolute Gasteiger partial charge is 0.400 e. The lowest BCUT2D eigenvalue weighted by molar-refractivity contribution is -0.284. The van der Waals surface area contributed by atoms with E-state index in [-0.39, 0.29) is 30.0 Å². The van der Waals surface area contributed by atoms with Gasteiger partial charge in [-0.1, -0.05) is 60.7 Å². The second kappa shape index (κ2) is 10.6. The van der Waals surface area contributed by atoms with Gasteiger partial charge in [0, 0.05) is 18.5 Å². The molecule has 1 aromatic heterocycles. The number of aromatic nitrogens is 2. The minimum absolute atomic E-state index is 0.0473. The molecule has 0 saturated carbocycles. The highest BCUT2D eigenvalue weighted by molar-refractivity contribution is 5.77. The van der Waals surface area contributed by atoms with Crippen molar-refractivity contribution in [3.63, 3.8) is 0 Å². The smallest absolute Gasteiger partial charge is 0.336 e. The van der Waals surface area contributed by atoms with E-state index in [1.807, 2.05) is 0 Å². The molecule has 12 heteroatoms. The zero-order valence-corrected chi connectivity index (χ0v) is 19.8. The zero-order chi connectivity index (χ0) is 27.7. The van der Waals surface area contributed by atoms with Crippen LogP contribution in [0.4, 0.5) is 30.7 Å². The lowest BCUT2D eigenvalue weighted by Gasteiger charge is -2.32. The summed E-state index contributed by atoms with van der Waals surface area (Å²) in [5.41, 5.74) is 0.849. The number of amides is 1. The van der Waals surface area contributed by atoms with E-state index in [0.29, 0.717) is 11.1 Å². The number of alkyl halides is 7. The summed E-state index contributed by atoms with van der Waals surface area (Å²) in [5.74, 6) is -5.47. The fourth-order valence-electron chi connectivity index (χ4n) is 4.61. The van der Waals surface area contributed by atoms with E-state index in [9.17, 15) is 40.3 Å². The molecule has 0 radical (unpaired) electrons. The van der Waals surface area contributed by atoms with Crippen LogP contribution in [-0.2, 0) is 24.4 Å². The van der Waals surface area contributed by atoms with Crippen molar-refractivity contribution in [1.82, 2.24) is 14.5 Å². The van der Waals surface area contributed by atoms with Gasteiger partial charge in [-0.15, -0.1) is 0 Å². The summed E-state index contributed by atoms with van der Waals surface area (Å²) in [6.45, 7) is -1.95. The Labute approximate surface area is 212 Å². The number of nitrogens with zero attached hydrogens (tertiary/aromatic N) is 3. The first kappa shape index (κ1) is 27.3. The lowest BCUT2D eigenvalue weighted by atomic mass is 9.97. The quantitative estimate of drug-likeness (QED) is 0.395. The van der Waals surface area contributed by atoms with E-state index < -0.39 is 55.4 Å². The summed E-state index contributed by atoms with van der Waals surface area (Å²) in [7, 11) is 0. The highest BCUT2D eigenvalue weighted by Gasteiger charge is 2.57. The Morgan fingerprint density at radius 1 is 0.895 bits per heavy atom. The highest BCUT2D eigenvalue weighted by Crippen LogP contribution is 2.41. The number of fused-ring (bicyclic) bond motifs is 1. The molecule has 1 aliphatic heterocycles. The Bertz CT molecular complexity index is 1290. The van der Waals surface area contributed by atoms with Crippen molar-refractivity contribution < 1.29 is 35.5 Å². The molecule has 1 aliphatic rings. The summed E-state index contributed by atoms with van der Waals surface area (Å²) in [4.78, 5) is 31.1. The first-order chi connectivity index (χ1) is 17.9. The van der Waals surface area contributed by atoms with Crippen LogP contribution in [0.25, 0.3) is 0 Å². The van der Waals surface area contributed by atoms with Gasteiger partial charge in [0.05, 0.1) is 18.3 Å². The van der Waals surface area contributed by atoms with Crippen molar-refractivity contribution in [3.05, 3.63) is 99.2 Å². The minimum Gasteiger partial charge on any atom is -0.336 e. The number of halogens is 7. The molecule has 0 N–H and O–H groups in total. The van der Waals surface area contributed by atoms with E-state index in [4.69, 9.17) is 0 Å². The fraction of sp³-hybridized carbons (Fsp3) is 0.346. The maximum Gasteiger partial charge on any atom is 0.400 e.